The molecule has 0 bridgehead atoms. The fraction of sp³-hybridized carbons (Fsp3) is 0.375. The third-order valence-corrected chi connectivity index (χ3v) is 3.29. The van der Waals surface area contributed by atoms with Crippen molar-refractivity contribution in [3.05, 3.63) is 47.5 Å². The molecule has 0 aliphatic heterocycles. The molecule has 0 saturated heterocycles. The minimum absolute atomic E-state index is 0.0896. The molecule has 0 aliphatic carbocycles. The number of carbonyl (C=O) groups excluding carboxylic acids is 2. The summed E-state index contributed by atoms with van der Waals surface area (Å²) < 4.78 is 10.2. The Labute approximate surface area is 129 Å². The Balaban J connectivity index is 3.41. The van der Waals surface area contributed by atoms with Crippen LogP contribution in [0.2, 0.25) is 5.02 Å². The van der Waals surface area contributed by atoms with Crippen molar-refractivity contribution < 1.29 is 19.1 Å². The van der Waals surface area contributed by atoms with E-state index in [9.17, 15) is 9.59 Å². The third kappa shape index (κ3) is 3.64. The summed E-state index contributed by atoms with van der Waals surface area (Å²) in [5.41, 5.74) is -1.07. The topological polar surface area (TPSA) is 52.6 Å². The molecule has 0 unspecified atom stereocenters. The predicted octanol–water partition coefficient (Wildman–Crippen LogP) is 3.28. The smallest absolute Gasteiger partial charge is 0.328 e. The van der Waals surface area contributed by atoms with E-state index in [0.29, 0.717) is 10.6 Å². The molecule has 1 rings (SSSR count). The number of allylic oxidation sites excluding steroid dienone is 1. The lowest BCUT2D eigenvalue weighted by Crippen LogP contribution is -2.46. The van der Waals surface area contributed by atoms with E-state index >= 15 is 0 Å². The maximum Gasteiger partial charge on any atom is 0.328 e. The average molecular weight is 311 g/mol. The first-order chi connectivity index (χ1) is 10.0. The number of carbonyl (C=O) groups is 2. The summed E-state index contributed by atoms with van der Waals surface area (Å²) in [5.74, 6) is -1.30. The fourth-order valence-corrected chi connectivity index (χ4v) is 2.19. The molecule has 114 valence electrons. The van der Waals surface area contributed by atoms with Gasteiger partial charge in [-0.15, -0.1) is 6.58 Å². The summed E-state index contributed by atoms with van der Waals surface area (Å²) >= 11 is 5.87. The van der Waals surface area contributed by atoms with E-state index in [4.69, 9.17) is 21.1 Å². The Morgan fingerprint density at radius 1 is 1.14 bits per heavy atom. The molecule has 0 heterocycles. The van der Waals surface area contributed by atoms with E-state index in [1.807, 2.05) is 0 Å². The SMILES string of the molecule is C=CCC(C(=O)OCC)(C(=O)OCC)c1ccc(Cl)cc1. The third-order valence-electron chi connectivity index (χ3n) is 3.04. The quantitative estimate of drug-likeness (QED) is 0.440. The number of halogens is 1. The van der Waals surface area contributed by atoms with Crippen LogP contribution in [0.4, 0.5) is 0 Å². The van der Waals surface area contributed by atoms with Crippen molar-refractivity contribution in [1.82, 2.24) is 0 Å². The first kappa shape index (κ1) is 17.2. The number of rotatable bonds is 7. The van der Waals surface area contributed by atoms with Crippen LogP contribution < -0.4 is 0 Å². The summed E-state index contributed by atoms with van der Waals surface area (Å²) in [6.07, 6.45) is 1.59. The van der Waals surface area contributed by atoms with Crippen molar-refractivity contribution in [3.8, 4) is 0 Å². The average Bonchev–Trinajstić information content (AvgIpc) is 2.46. The van der Waals surface area contributed by atoms with Crippen molar-refractivity contribution in [1.29, 1.82) is 0 Å². The Bertz CT molecular complexity index is 490. The first-order valence-electron chi connectivity index (χ1n) is 6.74. The normalized spacial score (nSPS) is 10.8. The highest BCUT2D eigenvalue weighted by Crippen LogP contribution is 2.33. The van der Waals surface area contributed by atoms with E-state index in [2.05, 4.69) is 6.58 Å². The molecular formula is C16H19ClO4. The lowest BCUT2D eigenvalue weighted by atomic mass is 9.77. The monoisotopic (exact) mass is 310 g/mol. The van der Waals surface area contributed by atoms with Crippen molar-refractivity contribution in [2.75, 3.05) is 13.2 Å². The summed E-state index contributed by atoms with van der Waals surface area (Å²) in [4.78, 5) is 24.9. The standard InChI is InChI=1S/C16H19ClO4/c1-4-11-16(14(18)20-5-2,15(19)21-6-3)12-7-9-13(17)10-8-12/h4,7-10H,1,5-6,11H2,2-3H3. The molecule has 1 aromatic rings. The largest absolute Gasteiger partial charge is 0.465 e. The van der Waals surface area contributed by atoms with Crippen LogP contribution in [0.5, 0.6) is 0 Å². The van der Waals surface area contributed by atoms with E-state index in [0.717, 1.165) is 0 Å². The molecule has 0 spiro atoms. The number of ether oxygens (including phenoxy) is 2. The van der Waals surface area contributed by atoms with Crippen molar-refractivity contribution in [2.45, 2.75) is 25.7 Å². The fourth-order valence-electron chi connectivity index (χ4n) is 2.06. The van der Waals surface area contributed by atoms with Gasteiger partial charge in [-0.3, -0.25) is 9.59 Å². The van der Waals surface area contributed by atoms with Crippen LogP contribution in [-0.2, 0) is 24.5 Å². The van der Waals surface area contributed by atoms with Crippen LogP contribution in [0.3, 0.4) is 0 Å². The Morgan fingerprint density at radius 2 is 1.62 bits per heavy atom. The second-order valence-corrected chi connectivity index (χ2v) is 4.78. The molecule has 0 atom stereocenters. The van der Waals surface area contributed by atoms with E-state index in [1.165, 1.54) is 6.08 Å². The first-order valence-corrected chi connectivity index (χ1v) is 7.12. The van der Waals surface area contributed by atoms with Gasteiger partial charge in [-0.1, -0.05) is 29.8 Å². The van der Waals surface area contributed by atoms with Crippen LogP contribution in [0, 0.1) is 0 Å². The molecule has 0 amide bonds. The van der Waals surface area contributed by atoms with Crippen LogP contribution in [-0.4, -0.2) is 25.2 Å². The molecule has 0 saturated carbocycles. The van der Waals surface area contributed by atoms with Crippen molar-refractivity contribution in [3.63, 3.8) is 0 Å². The number of esters is 2. The van der Waals surface area contributed by atoms with E-state index in [-0.39, 0.29) is 19.6 Å². The Morgan fingerprint density at radius 3 is 2.00 bits per heavy atom. The highest BCUT2D eigenvalue weighted by molar-refractivity contribution is 6.30. The zero-order chi connectivity index (χ0) is 15.9. The summed E-state index contributed by atoms with van der Waals surface area (Å²) in [5, 5.41) is 0.513. The lowest BCUT2D eigenvalue weighted by Gasteiger charge is -2.28. The van der Waals surface area contributed by atoms with Gasteiger partial charge in [0.15, 0.2) is 5.41 Å². The predicted molar refractivity (Wildman–Crippen MR) is 81.2 cm³/mol. The van der Waals surface area contributed by atoms with Crippen LogP contribution in [0.1, 0.15) is 25.8 Å². The van der Waals surface area contributed by atoms with Gasteiger partial charge in [-0.25, -0.2) is 0 Å². The van der Waals surface area contributed by atoms with E-state index in [1.54, 1.807) is 38.1 Å². The van der Waals surface area contributed by atoms with Gasteiger partial charge in [0.05, 0.1) is 13.2 Å². The molecule has 0 fully saturated rings. The zero-order valence-corrected chi connectivity index (χ0v) is 13.0. The highest BCUT2D eigenvalue weighted by Gasteiger charge is 2.49. The van der Waals surface area contributed by atoms with Gasteiger partial charge in [-0.2, -0.15) is 0 Å². The maximum atomic E-state index is 12.5. The van der Waals surface area contributed by atoms with Gasteiger partial charge in [0.1, 0.15) is 0 Å². The molecule has 5 heteroatoms. The molecule has 0 radical (unpaired) electrons. The Kier molecular flexibility index (Phi) is 6.43. The van der Waals surface area contributed by atoms with Gasteiger partial charge in [0.25, 0.3) is 0 Å². The number of hydrogen-bond acceptors (Lipinski definition) is 4. The van der Waals surface area contributed by atoms with Crippen LogP contribution in [0.15, 0.2) is 36.9 Å². The number of hydrogen-bond donors (Lipinski definition) is 0. The highest BCUT2D eigenvalue weighted by atomic mass is 35.5. The van der Waals surface area contributed by atoms with Gasteiger partial charge < -0.3 is 9.47 Å². The van der Waals surface area contributed by atoms with E-state index < -0.39 is 17.4 Å². The zero-order valence-electron chi connectivity index (χ0n) is 12.2. The lowest BCUT2D eigenvalue weighted by molar-refractivity contribution is -0.164. The van der Waals surface area contributed by atoms with Crippen LogP contribution >= 0.6 is 11.6 Å². The van der Waals surface area contributed by atoms with Gasteiger partial charge in [-0.05, 0) is 38.0 Å². The van der Waals surface area contributed by atoms with Crippen LogP contribution in [0.25, 0.3) is 0 Å². The second kappa shape index (κ2) is 7.84. The van der Waals surface area contributed by atoms with Crippen molar-refractivity contribution in [2.24, 2.45) is 0 Å². The van der Waals surface area contributed by atoms with Crippen molar-refractivity contribution >= 4 is 23.5 Å². The molecule has 1 aromatic carbocycles. The minimum atomic E-state index is -1.54. The molecule has 0 aliphatic rings. The molecule has 0 N–H and O–H groups in total. The molecular weight excluding hydrogens is 292 g/mol. The minimum Gasteiger partial charge on any atom is -0.465 e. The maximum absolute atomic E-state index is 12.5. The number of benzene rings is 1. The molecule has 0 aromatic heterocycles. The van der Waals surface area contributed by atoms with Gasteiger partial charge in [0.2, 0.25) is 0 Å². The van der Waals surface area contributed by atoms with Gasteiger partial charge >= 0.3 is 11.9 Å². The summed E-state index contributed by atoms with van der Waals surface area (Å²) in [7, 11) is 0. The second-order valence-electron chi connectivity index (χ2n) is 4.35. The summed E-state index contributed by atoms with van der Waals surface area (Å²) in [6, 6.07) is 6.49. The molecule has 21 heavy (non-hydrogen) atoms. The summed E-state index contributed by atoms with van der Waals surface area (Å²) in [6.45, 7) is 7.34. The van der Waals surface area contributed by atoms with Gasteiger partial charge in [0, 0.05) is 5.02 Å². The molecule has 4 nitrogen and oxygen atoms in total. The Hall–Kier alpha value is -1.81.